The maximum absolute atomic E-state index is 5.36. The number of ether oxygens (including phenoxy) is 1. The highest BCUT2D eigenvalue weighted by atomic mass is 16.5. The van der Waals surface area contributed by atoms with Crippen LogP contribution in [0, 0.1) is 0 Å². The molecule has 2 rings (SSSR count). The smallest absolute Gasteiger partial charge is 0.323 e. The first-order valence-electron chi connectivity index (χ1n) is 7.07. The van der Waals surface area contributed by atoms with Crippen LogP contribution in [0.5, 0.6) is 6.01 Å². The van der Waals surface area contributed by atoms with E-state index in [0.717, 1.165) is 18.5 Å². The van der Waals surface area contributed by atoms with Crippen molar-refractivity contribution in [2.75, 3.05) is 23.8 Å². The van der Waals surface area contributed by atoms with Gasteiger partial charge in [0.05, 0.1) is 6.61 Å². The lowest BCUT2D eigenvalue weighted by Gasteiger charge is -2.09. The lowest BCUT2D eigenvalue weighted by atomic mass is 10.3. The van der Waals surface area contributed by atoms with Gasteiger partial charge in [-0.25, -0.2) is 0 Å². The number of rotatable bonds is 8. The molecule has 0 fully saturated rings. The lowest BCUT2D eigenvalue weighted by Crippen LogP contribution is -2.11. The molecule has 0 bridgehead atoms. The zero-order chi connectivity index (χ0) is 14.9. The Bertz CT molecular complexity index is 548. The summed E-state index contributed by atoms with van der Waals surface area (Å²) in [4.78, 5) is 16.8. The normalized spacial score (nSPS) is 10.2. The van der Waals surface area contributed by atoms with E-state index in [2.05, 4.69) is 37.5 Å². The Morgan fingerprint density at radius 3 is 2.57 bits per heavy atom. The van der Waals surface area contributed by atoms with E-state index in [1.54, 1.807) is 12.4 Å². The molecule has 0 atom stereocenters. The Labute approximate surface area is 124 Å². The molecule has 7 heteroatoms. The average molecular weight is 288 g/mol. The van der Waals surface area contributed by atoms with E-state index < -0.39 is 0 Å². The number of aromatic nitrogens is 4. The van der Waals surface area contributed by atoms with E-state index in [1.165, 1.54) is 0 Å². The van der Waals surface area contributed by atoms with Crippen molar-refractivity contribution in [1.29, 1.82) is 0 Å². The zero-order valence-corrected chi connectivity index (χ0v) is 12.3. The van der Waals surface area contributed by atoms with Crippen molar-refractivity contribution in [2.24, 2.45) is 0 Å². The standard InChI is InChI=1S/C14H20N6O/c1-3-7-16-12-18-13(20-14(19-12)21-4-2)17-10-11-6-5-8-15-9-11/h5-6,8-9H,3-4,7,10H2,1-2H3,(H2,16,17,18,19,20). The van der Waals surface area contributed by atoms with E-state index in [9.17, 15) is 0 Å². The van der Waals surface area contributed by atoms with Crippen LogP contribution in [0.25, 0.3) is 0 Å². The minimum absolute atomic E-state index is 0.319. The Morgan fingerprint density at radius 2 is 1.90 bits per heavy atom. The Balaban J connectivity index is 2.07. The minimum Gasteiger partial charge on any atom is -0.464 e. The van der Waals surface area contributed by atoms with Crippen LogP contribution in [0.1, 0.15) is 25.8 Å². The predicted molar refractivity (Wildman–Crippen MR) is 81.3 cm³/mol. The monoisotopic (exact) mass is 288 g/mol. The Morgan fingerprint density at radius 1 is 1.10 bits per heavy atom. The molecular formula is C14H20N6O. The fourth-order valence-electron chi connectivity index (χ4n) is 1.63. The summed E-state index contributed by atoms with van der Waals surface area (Å²) in [6, 6.07) is 4.20. The molecule has 2 aromatic heterocycles. The van der Waals surface area contributed by atoms with Gasteiger partial charge in [0.15, 0.2) is 0 Å². The van der Waals surface area contributed by atoms with Crippen molar-refractivity contribution in [3.8, 4) is 6.01 Å². The van der Waals surface area contributed by atoms with Gasteiger partial charge in [0, 0.05) is 25.5 Å². The molecule has 0 aliphatic rings. The highest BCUT2D eigenvalue weighted by Crippen LogP contribution is 2.12. The number of hydrogen-bond acceptors (Lipinski definition) is 7. The maximum atomic E-state index is 5.36. The predicted octanol–water partition coefficient (Wildman–Crippen LogP) is 2.10. The number of nitrogens with zero attached hydrogens (tertiary/aromatic N) is 4. The van der Waals surface area contributed by atoms with Gasteiger partial charge in [-0.2, -0.15) is 15.0 Å². The van der Waals surface area contributed by atoms with Gasteiger partial charge in [-0.15, -0.1) is 0 Å². The van der Waals surface area contributed by atoms with Crippen molar-refractivity contribution >= 4 is 11.9 Å². The fourth-order valence-corrected chi connectivity index (χ4v) is 1.63. The summed E-state index contributed by atoms with van der Waals surface area (Å²) in [5, 5.41) is 6.29. The molecule has 0 aliphatic heterocycles. The topological polar surface area (TPSA) is 84.9 Å². The maximum Gasteiger partial charge on any atom is 0.323 e. The summed E-state index contributed by atoms with van der Waals surface area (Å²) in [5.41, 5.74) is 1.05. The van der Waals surface area contributed by atoms with Gasteiger partial charge in [-0.1, -0.05) is 13.0 Å². The van der Waals surface area contributed by atoms with Crippen molar-refractivity contribution in [3.63, 3.8) is 0 Å². The first-order valence-corrected chi connectivity index (χ1v) is 7.07. The quantitative estimate of drug-likeness (QED) is 0.769. The van der Waals surface area contributed by atoms with Crippen LogP contribution in [-0.4, -0.2) is 33.1 Å². The van der Waals surface area contributed by atoms with Crippen molar-refractivity contribution in [3.05, 3.63) is 30.1 Å². The van der Waals surface area contributed by atoms with Gasteiger partial charge in [0.1, 0.15) is 0 Å². The molecule has 0 saturated heterocycles. The minimum atomic E-state index is 0.319. The third-order valence-corrected chi connectivity index (χ3v) is 2.59. The van der Waals surface area contributed by atoms with Gasteiger partial charge in [-0.05, 0) is 25.0 Å². The van der Waals surface area contributed by atoms with E-state index >= 15 is 0 Å². The van der Waals surface area contributed by atoms with Gasteiger partial charge in [0.2, 0.25) is 11.9 Å². The summed E-state index contributed by atoms with van der Waals surface area (Å²) in [6.07, 6.45) is 4.54. The summed E-state index contributed by atoms with van der Waals surface area (Å²) in [5.74, 6) is 1.000. The Hall–Kier alpha value is -2.44. The SMILES string of the molecule is CCCNc1nc(NCc2cccnc2)nc(OCC)n1. The second-order valence-electron chi connectivity index (χ2n) is 4.34. The largest absolute Gasteiger partial charge is 0.464 e. The molecule has 0 aliphatic carbocycles. The zero-order valence-electron chi connectivity index (χ0n) is 12.3. The van der Waals surface area contributed by atoms with Crippen LogP contribution in [0.3, 0.4) is 0 Å². The first-order chi connectivity index (χ1) is 10.3. The summed E-state index contributed by atoms with van der Waals surface area (Å²) in [6.45, 7) is 5.89. The van der Waals surface area contributed by atoms with Crippen LogP contribution >= 0.6 is 0 Å². The van der Waals surface area contributed by atoms with Crippen molar-refractivity contribution < 1.29 is 4.74 Å². The van der Waals surface area contributed by atoms with Crippen LogP contribution in [0.15, 0.2) is 24.5 Å². The van der Waals surface area contributed by atoms with Gasteiger partial charge in [0.25, 0.3) is 0 Å². The molecule has 21 heavy (non-hydrogen) atoms. The Kier molecular flexibility index (Phi) is 5.69. The second-order valence-corrected chi connectivity index (χ2v) is 4.34. The van der Waals surface area contributed by atoms with Gasteiger partial charge in [-0.3, -0.25) is 4.98 Å². The molecule has 7 nitrogen and oxygen atoms in total. The van der Waals surface area contributed by atoms with Crippen molar-refractivity contribution in [1.82, 2.24) is 19.9 Å². The summed E-state index contributed by atoms with van der Waals surface area (Å²) >= 11 is 0. The van der Waals surface area contributed by atoms with Crippen LogP contribution < -0.4 is 15.4 Å². The molecule has 0 radical (unpaired) electrons. The summed E-state index contributed by atoms with van der Waals surface area (Å²) < 4.78 is 5.36. The molecule has 0 unspecified atom stereocenters. The van der Waals surface area contributed by atoms with Crippen LogP contribution in [0.4, 0.5) is 11.9 Å². The summed E-state index contributed by atoms with van der Waals surface area (Å²) in [7, 11) is 0. The number of nitrogens with one attached hydrogen (secondary N) is 2. The lowest BCUT2D eigenvalue weighted by molar-refractivity contribution is 0.312. The number of hydrogen-bond donors (Lipinski definition) is 2. The first kappa shape index (κ1) is 15.0. The molecule has 2 aromatic rings. The van der Waals surface area contributed by atoms with Gasteiger partial charge < -0.3 is 15.4 Å². The average Bonchev–Trinajstić information content (AvgIpc) is 2.52. The van der Waals surface area contributed by atoms with E-state index in [-0.39, 0.29) is 0 Å². The van der Waals surface area contributed by atoms with Crippen LogP contribution in [-0.2, 0) is 6.54 Å². The van der Waals surface area contributed by atoms with Gasteiger partial charge >= 0.3 is 6.01 Å². The molecule has 2 heterocycles. The molecule has 0 aromatic carbocycles. The highest BCUT2D eigenvalue weighted by Gasteiger charge is 2.06. The van der Waals surface area contributed by atoms with Crippen molar-refractivity contribution in [2.45, 2.75) is 26.8 Å². The fraction of sp³-hybridized carbons (Fsp3) is 0.429. The second kappa shape index (κ2) is 7.98. The highest BCUT2D eigenvalue weighted by molar-refractivity contribution is 5.36. The van der Waals surface area contributed by atoms with E-state index in [0.29, 0.717) is 31.1 Å². The number of pyridine rings is 1. The third-order valence-electron chi connectivity index (χ3n) is 2.59. The molecule has 2 N–H and O–H groups in total. The molecule has 0 saturated carbocycles. The molecule has 112 valence electrons. The third kappa shape index (κ3) is 4.87. The molecular weight excluding hydrogens is 268 g/mol. The number of anilines is 2. The molecule has 0 spiro atoms. The van der Waals surface area contributed by atoms with Crippen LogP contribution in [0.2, 0.25) is 0 Å². The van der Waals surface area contributed by atoms with E-state index in [1.807, 2.05) is 19.1 Å². The van der Waals surface area contributed by atoms with E-state index in [4.69, 9.17) is 4.74 Å². The molecule has 0 amide bonds.